The molecule has 0 saturated heterocycles. The fourth-order valence-corrected chi connectivity index (χ4v) is 2.56. The molecule has 104 valence electrons. The van der Waals surface area contributed by atoms with Gasteiger partial charge >= 0.3 is 0 Å². The number of hydrogen-bond donors (Lipinski definition) is 0. The number of ether oxygens (including phenoxy) is 2. The van der Waals surface area contributed by atoms with Gasteiger partial charge in [-0.05, 0) is 31.0 Å². The van der Waals surface area contributed by atoms with Crippen molar-refractivity contribution in [3.8, 4) is 5.75 Å². The molecule has 3 nitrogen and oxygen atoms in total. The average Bonchev–Trinajstić information content (AvgIpc) is 2.85. The van der Waals surface area contributed by atoms with E-state index in [2.05, 4.69) is 0 Å². The Labute approximate surface area is 118 Å². The Morgan fingerprint density at radius 2 is 2.26 bits per heavy atom. The average molecular weight is 283 g/mol. The van der Waals surface area contributed by atoms with E-state index in [-0.39, 0.29) is 5.78 Å². The first-order valence-electron chi connectivity index (χ1n) is 6.52. The summed E-state index contributed by atoms with van der Waals surface area (Å²) in [5, 5.41) is 0.655. The number of benzene rings is 1. The Balaban J connectivity index is 2.27. The zero-order chi connectivity index (χ0) is 14.0. The first-order chi connectivity index (χ1) is 9.00. The summed E-state index contributed by atoms with van der Waals surface area (Å²) in [4.78, 5) is 12.4. The van der Waals surface area contributed by atoms with E-state index >= 15 is 0 Å². The maximum Gasteiger partial charge on any atom is 0.168 e. The minimum atomic E-state index is -0.742. The second-order valence-corrected chi connectivity index (χ2v) is 5.48. The van der Waals surface area contributed by atoms with Gasteiger partial charge in [-0.2, -0.15) is 0 Å². The number of methoxy groups -OCH3 is 1. The molecule has 2 rings (SSSR count). The van der Waals surface area contributed by atoms with Crippen molar-refractivity contribution in [2.45, 2.75) is 38.7 Å². The molecule has 1 aromatic rings. The number of ketones is 1. The Bertz CT molecular complexity index is 492. The molecule has 1 atom stereocenters. The van der Waals surface area contributed by atoms with Gasteiger partial charge in [-0.15, -0.1) is 0 Å². The topological polar surface area (TPSA) is 35.5 Å². The van der Waals surface area contributed by atoms with E-state index in [1.807, 2.05) is 26.0 Å². The molecule has 0 bridgehead atoms. The molecule has 0 aliphatic carbocycles. The highest BCUT2D eigenvalue weighted by molar-refractivity contribution is 6.30. The van der Waals surface area contributed by atoms with E-state index in [0.29, 0.717) is 24.5 Å². The molecule has 0 aromatic heterocycles. The number of fused-ring (bicyclic) bond motifs is 1. The maximum absolute atomic E-state index is 12.4. The van der Waals surface area contributed by atoms with Crippen LogP contribution < -0.4 is 4.74 Å². The van der Waals surface area contributed by atoms with Gasteiger partial charge < -0.3 is 9.47 Å². The molecule has 1 heterocycles. The number of carbonyl (C=O) groups is 1. The number of carbonyl (C=O) groups excluding carboxylic acids is 1. The third-order valence-corrected chi connectivity index (χ3v) is 4.11. The highest BCUT2D eigenvalue weighted by atomic mass is 35.5. The van der Waals surface area contributed by atoms with Crippen LogP contribution in [0.1, 0.15) is 31.4 Å². The van der Waals surface area contributed by atoms with Gasteiger partial charge in [0.25, 0.3) is 0 Å². The minimum Gasteiger partial charge on any atom is -0.493 e. The minimum absolute atomic E-state index is 0.0532. The lowest BCUT2D eigenvalue weighted by Gasteiger charge is -2.25. The van der Waals surface area contributed by atoms with Crippen molar-refractivity contribution in [2.75, 3.05) is 13.7 Å². The second kappa shape index (κ2) is 5.51. The molecule has 19 heavy (non-hydrogen) atoms. The van der Waals surface area contributed by atoms with Crippen LogP contribution in [0.5, 0.6) is 5.75 Å². The van der Waals surface area contributed by atoms with Gasteiger partial charge in [0, 0.05) is 30.5 Å². The van der Waals surface area contributed by atoms with Gasteiger partial charge in [0.1, 0.15) is 11.4 Å². The molecule has 0 N–H and O–H groups in total. The van der Waals surface area contributed by atoms with Crippen molar-refractivity contribution in [1.82, 2.24) is 0 Å². The van der Waals surface area contributed by atoms with Gasteiger partial charge in [-0.1, -0.05) is 18.5 Å². The molecule has 0 saturated carbocycles. The largest absolute Gasteiger partial charge is 0.493 e. The Hall–Kier alpha value is -1.06. The predicted molar refractivity (Wildman–Crippen MR) is 75.1 cm³/mol. The number of rotatable bonds is 5. The molecule has 1 aromatic carbocycles. The summed E-state index contributed by atoms with van der Waals surface area (Å²) < 4.78 is 11.0. The molecular weight excluding hydrogens is 264 g/mol. The van der Waals surface area contributed by atoms with Crippen molar-refractivity contribution in [2.24, 2.45) is 0 Å². The van der Waals surface area contributed by atoms with Crippen LogP contribution in [0.3, 0.4) is 0 Å². The fraction of sp³-hybridized carbons (Fsp3) is 0.533. The van der Waals surface area contributed by atoms with Gasteiger partial charge in [-0.3, -0.25) is 4.79 Å². The van der Waals surface area contributed by atoms with E-state index in [4.69, 9.17) is 21.1 Å². The highest BCUT2D eigenvalue weighted by Gasteiger charge is 2.32. The van der Waals surface area contributed by atoms with Gasteiger partial charge in [0.2, 0.25) is 0 Å². The molecule has 0 amide bonds. The number of Topliss-reactive ketones (excluding diaryl/α,β-unsaturated/α-hetero) is 1. The molecule has 1 aliphatic rings. The van der Waals surface area contributed by atoms with E-state index in [1.54, 1.807) is 7.11 Å². The fourth-order valence-electron chi connectivity index (χ4n) is 2.29. The van der Waals surface area contributed by atoms with Crippen molar-refractivity contribution in [3.05, 3.63) is 28.3 Å². The van der Waals surface area contributed by atoms with Gasteiger partial charge in [-0.25, -0.2) is 0 Å². The standard InChI is InChI=1S/C15H19ClO3/c1-4-15(2,18-3)13(17)9-11-8-12(16)7-10-5-6-19-14(10)11/h7-8H,4-6,9H2,1-3H3. The zero-order valence-corrected chi connectivity index (χ0v) is 12.3. The summed E-state index contributed by atoms with van der Waals surface area (Å²) in [6.07, 6.45) is 1.79. The maximum atomic E-state index is 12.4. The lowest BCUT2D eigenvalue weighted by Crippen LogP contribution is -2.37. The monoisotopic (exact) mass is 282 g/mol. The van der Waals surface area contributed by atoms with Crippen LogP contribution >= 0.6 is 11.6 Å². The Morgan fingerprint density at radius 1 is 1.53 bits per heavy atom. The van der Waals surface area contributed by atoms with Crippen LogP contribution in [0, 0.1) is 0 Å². The van der Waals surface area contributed by atoms with Crippen LogP contribution in [0.25, 0.3) is 0 Å². The zero-order valence-electron chi connectivity index (χ0n) is 11.6. The van der Waals surface area contributed by atoms with Crippen molar-refractivity contribution >= 4 is 17.4 Å². The third kappa shape index (κ3) is 2.77. The van der Waals surface area contributed by atoms with E-state index in [0.717, 1.165) is 23.3 Å². The first-order valence-corrected chi connectivity index (χ1v) is 6.90. The molecule has 1 unspecified atom stereocenters. The lowest BCUT2D eigenvalue weighted by molar-refractivity contribution is -0.138. The van der Waals surface area contributed by atoms with Crippen LogP contribution in [-0.4, -0.2) is 25.1 Å². The summed E-state index contributed by atoms with van der Waals surface area (Å²) in [5.41, 5.74) is 1.21. The van der Waals surface area contributed by atoms with Crippen LogP contribution in [0.2, 0.25) is 5.02 Å². The molecular formula is C15H19ClO3. The van der Waals surface area contributed by atoms with Crippen molar-refractivity contribution in [3.63, 3.8) is 0 Å². The van der Waals surface area contributed by atoms with E-state index < -0.39 is 5.60 Å². The Kier molecular flexibility index (Phi) is 4.16. The number of hydrogen-bond acceptors (Lipinski definition) is 3. The van der Waals surface area contributed by atoms with E-state index in [9.17, 15) is 4.79 Å². The first kappa shape index (κ1) is 14.4. The molecule has 1 aliphatic heterocycles. The number of halogens is 1. The second-order valence-electron chi connectivity index (χ2n) is 5.04. The summed E-state index contributed by atoms with van der Waals surface area (Å²) >= 11 is 6.10. The molecule has 0 fully saturated rings. The summed E-state index contributed by atoms with van der Waals surface area (Å²) in [7, 11) is 1.57. The highest BCUT2D eigenvalue weighted by Crippen LogP contribution is 2.34. The van der Waals surface area contributed by atoms with Crippen molar-refractivity contribution < 1.29 is 14.3 Å². The quantitative estimate of drug-likeness (QED) is 0.832. The third-order valence-electron chi connectivity index (χ3n) is 3.89. The van der Waals surface area contributed by atoms with Gasteiger partial charge in [0.15, 0.2) is 5.78 Å². The van der Waals surface area contributed by atoms with Crippen LogP contribution in [-0.2, 0) is 22.4 Å². The summed E-state index contributed by atoms with van der Waals surface area (Å²) in [6, 6.07) is 3.72. The van der Waals surface area contributed by atoms with Crippen molar-refractivity contribution in [1.29, 1.82) is 0 Å². The molecule has 0 spiro atoms. The van der Waals surface area contributed by atoms with Crippen LogP contribution in [0.4, 0.5) is 0 Å². The van der Waals surface area contributed by atoms with Crippen LogP contribution in [0.15, 0.2) is 12.1 Å². The predicted octanol–water partition coefficient (Wildman–Crippen LogP) is 3.20. The van der Waals surface area contributed by atoms with E-state index in [1.165, 1.54) is 0 Å². The SMILES string of the molecule is CCC(C)(OC)C(=O)Cc1cc(Cl)cc2c1OCC2. The van der Waals surface area contributed by atoms with Gasteiger partial charge in [0.05, 0.1) is 6.61 Å². The molecule has 0 radical (unpaired) electrons. The smallest absolute Gasteiger partial charge is 0.168 e. The lowest BCUT2D eigenvalue weighted by atomic mass is 9.91. The Morgan fingerprint density at radius 3 is 2.89 bits per heavy atom. The summed E-state index contributed by atoms with van der Waals surface area (Å²) in [6.45, 7) is 4.42. The normalized spacial score (nSPS) is 16.6. The summed E-state index contributed by atoms with van der Waals surface area (Å²) in [5.74, 6) is 0.879. The molecule has 4 heteroatoms.